The van der Waals surface area contributed by atoms with Crippen molar-refractivity contribution in [3.63, 3.8) is 0 Å². The van der Waals surface area contributed by atoms with Gasteiger partial charge in [-0.2, -0.15) is 0 Å². The molecule has 2 rings (SSSR count). The highest BCUT2D eigenvalue weighted by atomic mass is 35.5. The van der Waals surface area contributed by atoms with Crippen molar-refractivity contribution < 1.29 is 14.7 Å². The standard InChI is InChI=1S/C16H22ClN3O3/c1-2-20-7-3-4-11(20)9-19-13-8-10(16(22)23)5-6-12(13)14(17)15(18)21/h5-6,8,11,14,19H,2-4,7,9H2,1H3,(H2,18,21)(H,22,23)/t11-,14-/m0/s1. The Balaban J connectivity index is 2.21. The number of hydrogen-bond acceptors (Lipinski definition) is 4. The zero-order valence-corrected chi connectivity index (χ0v) is 13.8. The lowest BCUT2D eigenvalue weighted by Gasteiger charge is -2.24. The molecule has 0 bridgehead atoms. The first-order valence-electron chi connectivity index (χ1n) is 7.72. The molecule has 23 heavy (non-hydrogen) atoms. The van der Waals surface area contributed by atoms with Crippen LogP contribution in [0.1, 0.15) is 41.1 Å². The average Bonchev–Trinajstić information content (AvgIpc) is 2.99. The molecule has 7 heteroatoms. The number of carboxylic acids is 1. The van der Waals surface area contributed by atoms with Crippen LogP contribution in [0.5, 0.6) is 0 Å². The number of alkyl halides is 1. The first-order chi connectivity index (χ1) is 10.9. The maximum Gasteiger partial charge on any atom is 0.335 e. The van der Waals surface area contributed by atoms with Crippen LogP contribution in [0.25, 0.3) is 0 Å². The minimum atomic E-state index is -1.03. The number of carbonyl (C=O) groups is 2. The first kappa shape index (κ1) is 17.6. The summed E-state index contributed by atoms with van der Waals surface area (Å²) in [5, 5.41) is 11.4. The Bertz CT molecular complexity index is 594. The number of amides is 1. The fourth-order valence-corrected chi connectivity index (χ4v) is 3.18. The topological polar surface area (TPSA) is 95.7 Å². The van der Waals surface area contributed by atoms with Gasteiger partial charge in [0.1, 0.15) is 5.38 Å². The number of carbonyl (C=O) groups excluding carboxylic acids is 1. The second-order valence-electron chi connectivity index (χ2n) is 5.68. The van der Waals surface area contributed by atoms with Crippen LogP contribution in [-0.4, -0.2) is 47.6 Å². The number of primary amides is 1. The number of likely N-dealkylation sites (tertiary alicyclic amines) is 1. The van der Waals surface area contributed by atoms with Crippen molar-refractivity contribution in [1.29, 1.82) is 0 Å². The molecule has 0 spiro atoms. The van der Waals surface area contributed by atoms with Crippen LogP contribution in [-0.2, 0) is 4.79 Å². The quantitative estimate of drug-likeness (QED) is 0.661. The summed E-state index contributed by atoms with van der Waals surface area (Å²) < 4.78 is 0. The molecule has 0 radical (unpaired) electrons. The molecule has 1 fully saturated rings. The third-order valence-corrected chi connectivity index (χ3v) is 4.71. The van der Waals surface area contributed by atoms with Crippen molar-refractivity contribution in [2.24, 2.45) is 5.73 Å². The molecular formula is C16H22ClN3O3. The Morgan fingerprint density at radius 3 is 2.87 bits per heavy atom. The van der Waals surface area contributed by atoms with Gasteiger partial charge in [0.2, 0.25) is 5.91 Å². The van der Waals surface area contributed by atoms with Gasteiger partial charge < -0.3 is 16.2 Å². The molecule has 1 saturated heterocycles. The summed E-state index contributed by atoms with van der Waals surface area (Å²) >= 11 is 6.06. The van der Waals surface area contributed by atoms with E-state index in [0.29, 0.717) is 23.8 Å². The Kier molecular flexibility index (Phi) is 5.85. The fourth-order valence-electron chi connectivity index (χ4n) is 2.99. The summed E-state index contributed by atoms with van der Waals surface area (Å²) in [6.07, 6.45) is 2.25. The highest BCUT2D eigenvalue weighted by Gasteiger charge is 2.24. The predicted octanol–water partition coefficient (Wildman–Crippen LogP) is 2.05. The molecule has 2 atom stereocenters. The second-order valence-corrected chi connectivity index (χ2v) is 6.11. The molecule has 0 aliphatic carbocycles. The number of rotatable bonds is 7. The number of carboxylic acid groups (broad SMARTS) is 1. The van der Waals surface area contributed by atoms with Gasteiger partial charge in [0.15, 0.2) is 0 Å². The molecule has 0 saturated carbocycles. The maximum atomic E-state index is 11.4. The minimum Gasteiger partial charge on any atom is -0.478 e. The number of nitrogens with zero attached hydrogens (tertiary/aromatic N) is 1. The molecule has 6 nitrogen and oxygen atoms in total. The number of nitrogens with one attached hydrogen (secondary N) is 1. The monoisotopic (exact) mass is 339 g/mol. The smallest absolute Gasteiger partial charge is 0.335 e. The van der Waals surface area contributed by atoms with Gasteiger partial charge >= 0.3 is 5.97 Å². The van der Waals surface area contributed by atoms with Crippen LogP contribution in [0.2, 0.25) is 0 Å². The van der Waals surface area contributed by atoms with Gasteiger partial charge in [0, 0.05) is 23.8 Å². The average molecular weight is 340 g/mol. The van der Waals surface area contributed by atoms with Crippen LogP contribution < -0.4 is 11.1 Å². The van der Waals surface area contributed by atoms with Gasteiger partial charge in [-0.05, 0) is 38.1 Å². The van der Waals surface area contributed by atoms with Crippen LogP contribution in [0.4, 0.5) is 5.69 Å². The van der Waals surface area contributed by atoms with Crippen LogP contribution in [0.3, 0.4) is 0 Å². The predicted molar refractivity (Wildman–Crippen MR) is 89.9 cm³/mol. The van der Waals surface area contributed by atoms with Crippen LogP contribution in [0, 0.1) is 0 Å². The van der Waals surface area contributed by atoms with E-state index in [9.17, 15) is 9.59 Å². The van der Waals surface area contributed by atoms with Gasteiger partial charge in [0.25, 0.3) is 0 Å². The molecule has 1 heterocycles. The Morgan fingerprint density at radius 1 is 1.52 bits per heavy atom. The first-order valence-corrected chi connectivity index (χ1v) is 8.16. The molecule has 1 amide bonds. The van der Waals surface area contributed by atoms with Crippen molar-refractivity contribution in [3.05, 3.63) is 29.3 Å². The Hall–Kier alpha value is -1.79. The molecule has 126 valence electrons. The van der Waals surface area contributed by atoms with E-state index in [0.717, 1.165) is 25.9 Å². The van der Waals surface area contributed by atoms with E-state index in [2.05, 4.69) is 17.1 Å². The third-order valence-electron chi connectivity index (χ3n) is 4.26. The second kappa shape index (κ2) is 7.66. The summed E-state index contributed by atoms with van der Waals surface area (Å²) in [5.41, 5.74) is 6.47. The van der Waals surface area contributed by atoms with Gasteiger partial charge in [-0.3, -0.25) is 9.69 Å². The number of benzene rings is 1. The zero-order valence-electron chi connectivity index (χ0n) is 13.1. The van der Waals surface area contributed by atoms with Gasteiger partial charge in [-0.1, -0.05) is 13.0 Å². The van der Waals surface area contributed by atoms with Crippen LogP contribution >= 0.6 is 11.6 Å². The van der Waals surface area contributed by atoms with E-state index >= 15 is 0 Å². The highest BCUT2D eigenvalue weighted by Crippen LogP contribution is 2.29. The normalized spacial score (nSPS) is 19.5. The van der Waals surface area contributed by atoms with Crippen molar-refractivity contribution >= 4 is 29.2 Å². The van der Waals surface area contributed by atoms with Gasteiger partial charge in [-0.25, -0.2) is 4.79 Å². The van der Waals surface area contributed by atoms with E-state index < -0.39 is 17.3 Å². The molecule has 1 aliphatic rings. The molecule has 1 aromatic rings. The summed E-state index contributed by atoms with van der Waals surface area (Å²) in [5.74, 6) is -1.69. The largest absolute Gasteiger partial charge is 0.478 e. The summed E-state index contributed by atoms with van der Waals surface area (Å²) in [6, 6.07) is 4.86. The summed E-state index contributed by atoms with van der Waals surface area (Å²) in [7, 11) is 0. The molecule has 1 aliphatic heterocycles. The zero-order chi connectivity index (χ0) is 17.0. The van der Waals surface area contributed by atoms with Gasteiger partial charge in [0.05, 0.1) is 5.56 Å². The molecular weight excluding hydrogens is 318 g/mol. The number of aromatic carboxylic acids is 1. The van der Waals surface area contributed by atoms with E-state index in [1.165, 1.54) is 12.1 Å². The van der Waals surface area contributed by atoms with Crippen LogP contribution in [0.15, 0.2) is 18.2 Å². The Labute approximate surface area is 140 Å². The Morgan fingerprint density at radius 2 is 2.26 bits per heavy atom. The van der Waals surface area contributed by atoms with Crippen molar-refractivity contribution in [2.45, 2.75) is 31.2 Å². The van der Waals surface area contributed by atoms with Crippen molar-refractivity contribution in [2.75, 3.05) is 25.0 Å². The molecule has 4 N–H and O–H groups in total. The molecule has 0 unspecified atom stereocenters. The fraction of sp³-hybridized carbons (Fsp3) is 0.500. The van der Waals surface area contributed by atoms with E-state index in [-0.39, 0.29) is 5.56 Å². The summed E-state index contributed by atoms with van der Waals surface area (Å²) in [4.78, 5) is 24.9. The van der Waals surface area contributed by atoms with E-state index in [1.807, 2.05) is 0 Å². The minimum absolute atomic E-state index is 0.142. The van der Waals surface area contributed by atoms with E-state index in [1.54, 1.807) is 6.07 Å². The maximum absolute atomic E-state index is 11.4. The van der Waals surface area contributed by atoms with E-state index in [4.69, 9.17) is 22.4 Å². The van der Waals surface area contributed by atoms with Crippen molar-refractivity contribution in [1.82, 2.24) is 4.90 Å². The molecule has 0 aromatic heterocycles. The van der Waals surface area contributed by atoms with Gasteiger partial charge in [-0.15, -0.1) is 11.6 Å². The lowest BCUT2D eigenvalue weighted by atomic mass is 10.0. The number of anilines is 1. The summed E-state index contributed by atoms with van der Waals surface area (Å²) in [6.45, 7) is 4.85. The lowest BCUT2D eigenvalue weighted by Crippen LogP contribution is -2.35. The third kappa shape index (κ3) is 4.14. The molecule has 1 aromatic carbocycles. The number of halogens is 1. The number of nitrogens with two attached hydrogens (primary N) is 1. The highest BCUT2D eigenvalue weighted by molar-refractivity contribution is 6.31. The van der Waals surface area contributed by atoms with Crippen molar-refractivity contribution in [3.8, 4) is 0 Å². The SMILES string of the molecule is CCN1CCC[C@H]1CNc1cc(C(=O)O)ccc1[C@H](Cl)C(N)=O. The lowest BCUT2D eigenvalue weighted by molar-refractivity contribution is -0.117. The number of likely N-dealkylation sites (N-methyl/N-ethyl adjacent to an activating group) is 1. The number of hydrogen-bond donors (Lipinski definition) is 3.